The molecule has 2 heterocycles. The molecule has 1 aliphatic carbocycles. The number of carbonyl (C=O) groups excluding carboxylic acids is 1. The van der Waals surface area contributed by atoms with Crippen LogP contribution in [-0.4, -0.2) is 51.7 Å². The van der Waals surface area contributed by atoms with Gasteiger partial charge in [-0.1, -0.05) is 0 Å². The van der Waals surface area contributed by atoms with E-state index in [2.05, 4.69) is 25.9 Å². The minimum absolute atomic E-state index is 0.0231. The van der Waals surface area contributed by atoms with E-state index < -0.39 is 23.5 Å². The Morgan fingerprint density at radius 2 is 2.17 bits per heavy atom. The average molecular weight is 420 g/mol. The number of aliphatic hydroxyl groups is 1. The maximum Gasteiger partial charge on any atom is 0.254 e. The summed E-state index contributed by atoms with van der Waals surface area (Å²) in [5, 5.41) is 19.1. The van der Waals surface area contributed by atoms with Crippen molar-refractivity contribution < 1.29 is 23.4 Å². The summed E-state index contributed by atoms with van der Waals surface area (Å²) in [6, 6.07) is 4.74. The van der Waals surface area contributed by atoms with Crippen molar-refractivity contribution in [1.29, 1.82) is 0 Å². The second-order valence-corrected chi connectivity index (χ2v) is 7.90. The third kappa shape index (κ3) is 4.35. The zero-order chi connectivity index (χ0) is 21.5. The number of amides is 1. The Labute approximate surface area is 171 Å². The number of fused-ring (bicyclic) bond motifs is 1. The summed E-state index contributed by atoms with van der Waals surface area (Å²) in [5.41, 5.74) is 5.68. The molecular formula is C19H22F2N6O3. The Kier molecular flexibility index (Phi) is 4.85. The second-order valence-electron chi connectivity index (χ2n) is 7.90. The van der Waals surface area contributed by atoms with Crippen LogP contribution >= 0.6 is 0 Å². The number of β-amino-alcohol motifs (C(OH)–C–C–N with tert-alkyl or cyclic N) is 1. The Morgan fingerprint density at radius 1 is 1.40 bits per heavy atom. The number of alkyl halides is 2. The standard InChI is InChI=1S/C19H22F2N6O3/c1-18(29)8-24-13-4-10(2-3-14(13)30-9-18)26-17-23-7-12(15(22)28)16(27-17)25-11-5-19(20,21)6-11/h2-4,7,11,24,29H,5-6,8-9H2,1H3,(H2,22,28)(H2,23,25,26,27)/t18-/m1/s1. The molecule has 11 heteroatoms. The van der Waals surface area contributed by atoms with Gasteiger partial charge in [0.15, 0.2) is 0 Å². The molecule has 30 heavy (non-hydrogen) atoms. The maximum absolute atomic E-state index is 13.1. The fourth-order valence-corrected chi connectivity index (χ4v) is 3.26. The highest BCUT2D eigenvalue weighted by Crippen LogP contribution is 2.39. The normalized spacial score (nSPS) is 22.5. The van der Waals surface area contributed by atoms with E-state index >= 15 is 0 Å². The van der Waals surface area contributed by atoms with E-state index in [0.717, 1.165) is 0 Å². The lowest BCUT2D eigenvalue weighted by molar-refractivity contribution is -0.0794. The summed E-state index contributed by atoms with van der Waals surface area (Å²) in [6.07, 6.45) is 0.579. The van der Waals surface area contributed by atoms with Crippen molar-refractivity contribution in [3.8, 4) is 5.75 Å². The maximum atomic E-state index is 13.1. The number of hydrogen-bond acceptors (Lipinski definition) is 8. The van der Waals surface area contributed by atoms with Crippen molar-refractivity contribution in [2.24, 2.45) is 5.73 Å². The van der Waals surface area contributed by atoms with Crippen LogP contribution in [-0.2, 0) is 0 Å². The van der Waals surface area contributed by atoms with Gasteiger partial charge in [0.25, 0.3) is 11.8 Å². The molecule has 1 fully saturated rings. The van der Waals surface area contributed by atoms with Crippen LogP contribution in [0.1, 0.15) is 30.1 Å². The molecule has 160 valence electrons. The summed E-state index contributed by atoms with van der Waals surface area (Å²) in [6.45, 7) is 2.14. The van der Waals surface area contributed by atoms with Crippen LogP contribution < -0.4 is 26.4 Å². The molecule has 2 aromatic rings. The highest BCUT2D eigenvalue weighted by molar-refractivity contribution is 5.97. The zero-order valence-corrected chi connectivity index (χ0v) is 16.2. The smallest absolute Gasteiger partial charge is 0.254 e. The number of aromatic nitrogens is 2. The molecule has 9 nitrogen and oxygen atoms in total. The van der Waals surface area contributed by atoms with Gasteiger partial charge in [0.2, 0.25) is 5.95 Å². The summed E-state index contributed by atoms with van der Waals surface area (Å²) < 4.78 is 31.9. The fraction of sp³-hybridized carbons (Fsp3) is 0.421. The molecule has 6 N–H and O–H groups in total. The predicted molar refractivity (Wildman–Crippen MR) is 106 cm³/mol. The van der Waals surface area contributed by atoms with Gasteiger partial charge >= 0.3 is 0 Å². The van der Waals surface area contributed by atoms with Gasteiger partial charge in [0, 0.05) is 37.3 Å². The summed E-state index contributed by atoms with van der Waals surface area (Å²) in [5.74, 6) is -2.60. The number of rotatable bonds is 5. The Bertz CT molecular complexity index is 977. The molecule has 0 spiro atoms. The molecule has 1 aromatic carbocycles. The van der Waals surface area contributed by atoms with Crippen molar-refractivity contribution in [2.45, 2.75) is 37.3 Å². The van der Waals surface area contributed by atoms with Crippen LogP contribution in [0.3, 0.4) is 0 Å². The largest absolute Gasteiger partial charge is 0.488 e. The van der Waals surface area contributed by atoms with E-state index in [4.69, 9.17) is 10.5 Å². The molecule has 1 aliphatic heterocycles. The molecule has 0 radical (unpaired) electrons. The Balaban J connectivity index is 1.53. The van der Waals surface area contributed by atoms with Crippen molar-refractivity contribution in [1.82, 2.24) is 9.97 Å². The number of benzene rings is 1. The molecule has 0 saturated heterocycles. The van der Waals surface area contributed by atoms with Gasteiger partial charge in [-0.3, -0.25) is 4.79 Å². The van der Waals surface area contributed by atoms with Crippen molar-refractivity contribution in [3.63, 3.8) is 0 Å². The number of ether oxygens (including phenoxy) is 1. The molecule has 0 bridgehead atoms. The number of nitrogens with two attached hydrogens (primary N) is 1. The molecular weight excluding hydrogens is 398 g/mol. The third-order valence-electron chi connectivity index (χ3n) is 4.92. The lowest BCUT2D eigenvalue weighted by Gasteiger charge is -2.35. The van der Waals surface area contributed by atoms with Crippen molar-refractivity contribution in [3.05, 3.63) is 30.0 Å². The van der Waals surface area contributed by atoms with E-state index in [1.54, 1.807) is 25.1 Å². The van der Waals surface area contributed by atoms with Crippen LogP contribution in [0.25, 0.3) is 0 Å². The summed E-state index contributed by atoms with van der Waals surface area (Å²) >= 11 is 0. The van der Waals surface area contributed by atoms with E-state index in [9.17, 15) is 18.7 Å². The highest BCUT2D eigenvalue weighted by atomic mass is 19.3. The van der Waals surface area contributed by atoms with Crippen molar-refractivity contribution >= 4 is 29.0 Å². The number of primary amides is 1. The lowest BCUT2D eigenvalue weighted by atomic mass is 9.88. The number of carbonyl (C=O) groups is 1. The molecule has 4 rings (SSSR count). The zero-order valence-electron chi connectivity index (χ0n) is 16.2. The SMILES string of the molecule is C[C@@]1(O)CNc2cc(Nc3ncc(C(N)=O)c(NC4CC(F)(F)C4)n3)ccc2OC1. The van der Waals surface area contributed by atoms with Gasteiger partial charge in [-0.15, -0.1) is 0 Å². The number of hydrogen-bond donors (Lipinski definition) is 5. The highest BCUT2D eigenvalue weighted by Gasteiger charge is 2.45. The van der Waals surface area contributed by atoms with Gasteiger partial charge in [0.1, 0.15) is 23.8 Å². The summed E-state index contributed by atoms with van der Waals surface area (Å²) in [7, 11) is 0. The first-order valence-corrected chi connectivity index (χ1v) is 9.42. The van der Waals surface area contributed by atoms with Gasteiger partial charge < -0.3 is 31.5 Å². The molecule has 1 saturated carbocycles. The molecule has 1 atom stereocenters. The first-order chi connectivity index (χ1) is 14.1. The van der Waals surface area contributed by atoms with Gasteiger partial charge in [-0.2, -0.15) is 4.98 Å². The quantitative estimate of drug-likeness (QED) is 0.496. The van der Waals surface area contributed by atoms with E-state index in [-0.39, 0.29) is 36.8 Å². The van der Waals surface area contributed by atoms with Crippen LogP contribution in [0.4, 0.5) is 31.9 Å². The lowest BCUT2D eigenvalue weighted by Crippen LogP contribution is -2.44. The fourth-order valence-electron chi connectivity index (χ4n) is 3.26. The first-order valence-electron chi connectivity index (χ1n) is 9.42. The van der Waals surface area contributed by atoms with Gasteiger partial charge in [-0.25, -0.2) is 13.8 Å². The first kappa shape index (κ1) is 20.1. The summed E-state index contributed by atoms with van der Waals surface area (Å²) in [4.78, 5) is 20.0. The van der Waals surface area contributed by atoms with E-state index in [1.807, 2.05) is 0 Å². The van der Waals surface area contributed by atoms with Crippen LogP contribution in [0.15, 0.2) is 24.4 Å². The van der Waals surface area contributed by atoms with Gasteiger partial charge in [0.05, 0.1) is 11.3 Å². The Morgan fingerprint density at radius 3 is 2.87 bits per heavy atom. The third-order valence-corrected chi connectivity index (χ3v) is 4.92. The second kappa shape index (κ2) is 7.24. The van der Waals surface area contributed by atoms with Crippen molar-refractivity contribution in [2.75, 3.05) is 29.1 Å². The predicted octanol–water partition coefficient (Wildman–Crippen LogP) is 2.08. The molecule has 1 amide bonds. The van der Waals surface area contributed by atoms with Crippen LogP contribution in [0.2, 0.25) is 0 Å². The average Bonchev–Trinajstić information content (AvgIpc) is 2.79. The number of anilines is 4. The van der Waals surface area contributed by atoms with Crippen LogP contribution in [0, 0.1) is 0 Å². The van der Waals surface area contributed by atoms with E-state index in [1.165, 1.54) is 6.20 Å². The topological polar surface area (TPSA) is 134 Å². The minimum Gasteiger partial charge on any atom is -0.488 e. The number of nitrogens with zero attached hydrogens (tertiary/aromatic N) is 2. The number of halogens is 2. The Hall–Kier alpha value is -3.21. The van der Waals surface area contributed by atoms with Gasteiger partial charge in [-0.05, 0) is 25.1 Å². The molecule has 0 unspecified atom stereocenters. The van der Waals surface area contributed by atoms with Crippen LogP contribution in [0.5, 0.6) is 5.75 Å². The minimum atomic E-state index is -2.71. The molecule has 1 aromatic heterocycles. The number of nitrogens with one attached hydrogen (secondary N) is 3. The monoisotopic (exact) mass is 420 g/mol. The molecule has 2 aliphatic rings. The van der Waals surface area contributed by atoms with E-state index in [0.29, 0.717) is 23.7 Å².